The summed E-state index contributed by atoms with van der Waals surface area (Å²) in [4.78, 5) is 4.12. The summed E-state index contributed by atoms with van der Waals surface area (Å²) in [5, 5.41) is 4.70. The van der Waals surface area contributed by atoms with Crippen molar-refractivity contribution in [3.8, 4) is 22.4 Å². The summed E-state index contributed by atoms with van der Waals surface area (Å²) in [5.74, 6) is 0. The van der Waals surface area contributed by atoms with Crippen LogP contribution in [0.15, 0.2) is 48.8 Å². The van der Waals surface area contributed by atoms with E-state index in [1.807, 2.05) is 48.4 Å². The molecule has 0 aliphatic heterocycles. The zero-order valence-electron chi connectivity index (χ0n) is 13.0. The molecule has 1 aromatic carbocycles. The van der Waals surface area contributed by atoms with E-state index in [1.54, 1.807) is 0 Å². The van der Waals surface area contributed by atoms with Crippen LogP contribution in [0.2, 0.25) is 0 Å². The number of aryl methyl sites for hydroxylation is 2. The predicted molar refractivity (Wildman–Crippen MR) is 89.1 cm³/mol. The van der Waals surface area contributed by atoms with Crippen molar-refractivity contribution in [2.75, 3.05) is 0 Å². The highest BCUT2D eigenvalue weighted by atomic mass is 15.3. The lowest BCUT2D eigenvalue weighted by atomic mass is 9.97. The first kappa shape index (κ1) is 14.5. The van der Waals surface area contributed by atoms with Gasteiger partial charge in [0.15, 0.2) is 0 Å². The summed E-state index contributed by atoms with van der Waals surface area (Å²) in [6.45, 7) is 2.67. The van der Waals surface area contributed by atoms with E-state index < -0.39 is 0 Å². The lowest BCUT2D eigenvalue weighted by Crippen LogP contribution is -1.98. The van der Waals surface area contributed by atoms with Crippen molar-refractivity contribution >= 4 is 0 Å². The van der Waals surface area contributed by atoms with E-state index in [4.69, 9.17) is 10.8 Å². The van der Waals surface area contributed by atoms with Crippen molar-refractivity contribution < 1.29 is 0 Å². The summed E-state index contributed by atoms with van der Waals surface area (Å²) in [5.41, 5.74) is 12.6. The Labute approximate surface area is 130 Å². The van der Waals surface area contributed by atoms with Crippen molar-refractivity contribution in [3.63, 3.8) is 0 Å². The molecule has 0 fully saturated rings. The Morgan fingerprint density at radius 2 is 1.86 bits per heavy atom. The zero-order valence-corrected chi connectivity index (χ0v) is 13.0. The molecule has 4 heteroatoms. The van der Waals surface area contributed by atoms with Gasteiger partial charge in [0, 0.05) is 37.1 Å². The molecule has 0 aliphatic rings. The number of benzene rings is 1. The highest BCUT2D eigenvalue weighted by Crippen LogP contribution is 2.35. The fraction of sp³-hybridized carbons (Fsp3) is 0.222. The summed E-state index contributed by atoms with van der Waals surface area (Å²) in [6.07, 6.45) is 4.53. The van der Waals surface area contributed by atoms with Crippen LogP contribution in [-0.4, -0.2) is 14.8 Å². The Balaban J connectivity index is 2.25. The van der Waals surface area contributed by atoms with Crippen LogP contribution in [-0.2, 0) is 20.0 Å². The summed E-state index contributed by atoms with van der Waals surface area (Å²) < 4.78 is 1.96. The van der Waals surface area contributed by atoms with Gasteiger partial charge < -0.3 is 5.73 Å². The van der Waals surface area contributed by atoms with Gasteiger partial charge in [-0.1, -0.05) is 25.1 Å². The minimum Gasteiger partial charge on any atom is -0.326 e. The summed E-state index contributed by atoms with van der Waals surface area (Å²) in [6, 6.07) is 12.4. The van der Waals surface area contributed by atoms with E-state index in [-0.39, 0.29) is 0 Å². The van der Waals surface area contributed by atoms with Gasteiger partial charge in [-0.2, -0.15) is 5.10 Å². The van der Waals surface area contributed by atoms with Crippen LogP contribution in [0.5, 0.6) is 0 Å². The quantitative estimate of drug-likeness (QED) is 0.803. The smallest absolute Gasteiger partial charge is 0.0760 e. The van der Waals surface area contributed by atoms with Gasteiger partial charge in [-0.25, -0.2) is 0 Å². The molecule has 0 unspecified atom stereocenters. The van der Waals surface area contributed by atoms with E-state index in [1.165, 1.54) is 5.56 Å². The number of hydrogen-bond acceptors (Lipinski definition) is 3. The van der Waals surface area contributed by atoms with Crippen molar-refractivity contribution in [1.29, 1.82) is 0 Å². The fourth-order valence-corrected chi connectivity index (χ4v) is 2.83. The van der Waals surface area contributed by atoms with Gasteiger partial charge >= 0.3 is 0 Å². The third-order valence-electron chi connectivity index (χ3n) is 3.86. The highest BCUT2D eigenvalue weighted by molar-refractivity contribution is 5.83. The first-order chi connectivity index (χ1) is 10.7. The highest BCUT2D eigenvalue weighted by Gasteiger charge is 2.18. The number of aromatic nitrogens is 3. The van der Waals surface area contributed by atoms with Gasteiger partial charge in [0.05, 0.1) is 11.4 Å². The summed E-state index contributed by atoms with van der Waals surface area (Å²) in [7, 11) is 1.99. The molecule has 2 N–H and O–H groups in total. The van der Waals surface area contributed by atoms with E-state index in [0.717, 1.165) is 34.5 Å². The van der Waals surface area contributed by atoms with Crippen LogP contribution < -0.4 is 5.73 Å². The maximum absolute atomic E-state index is 5.78. The van der Waals surface area contributed by atoms with E-state index >= 15 is 0 Å². The number of nitrogens with two attached hydrogens (primary N) is 1. The standard InChI is InChI=1S/C18H20N4/c1-3-16-17(14-7-9-20-10-8-14)18(22(2)21-16)15-6-4-5-13(11-15)12-19/h4-11H,3,12,19H2,1-2H3. The molecule has 0 atom stereocenters. The lowest BCUT2D eigenvalue weighted by molar-refractivity contribution is 0.752. The Morgan fingerprint density at radius 1 is 1.09 bits per heavy atom. The summed E-state index contributed by atoms with van der Waals surface area (Å²) >= 11 is 0. The van der Waals surface area contributed by atoms with Crippen molar-refractivity contribution in [2.45, 2.75) is 19.9 Å². The molecule has 3 rings (SSSR count). The largest absolute Gasteiger partial charge is 0.326 e. The molecular formula is C18H20N4. The minimum absolute atomic E-state index is 0.539. The average Bonchev–Trinajstić information content (AvgIpc) is 2.92. The first-order valence-corrected chi connectivity index (χ1v) is 7.50. The second-order valence-electron chi connectivity index (χ2n) is 5.29. The second kappa shape index (κ2) is 6.12. The molecule has 22 heavy (non-hydrogen) atoms. The Hall–Kier alpha value is -2.46. The molecule has 0 spiro atoms. The second-order valence-corrected chi connectivity index (χ2v) is 5.29. The molecule has 0 saturated heterocycles. The predicted octanol–water partition coefficient (Wildman–Crippen LogP) is 3.17. The van der Waals surface area contributed by atoms with Crippen molar-refractivity contribution in [2.24, 2.45) is 12.8 Å². The van der Waals surface area contributed by atoms with Gasteiger partial charge in [0.25, 0.3) is 0 Å². The normalized spacial score (nSPS) is 10.9. The molecule has 2 heterocycles. The Bertz CT molecular complexity index is 775. The maximum atomic E-state index is 5.78. The van der Waals surface area contributed by atoms with Gasteiger partial charge in [-0.15, -0.1) is 0 Å². The van der Waals surface area contributed by atoms with Crippen molar-refractivity contribution in [1.82, 2.24) is 14.8 Å². The molecular weight excluding hydrogens is 272 g/mol. The molecule has 2 aromatic heterocycles. The molecule has 3 aromatic rings. The number of pyridine rings is 1. The monoisotopic (exact) mass is 292 g/mol. The molecule has 112 valence electrons. The Kier molecular flexibility index (Phi) is 4.02. The third-order valence-corrected chi connectivity index (χ3v) is 3.86. The topological polar surface area (TPSA) is 56.7 Å². The average molecular weight is 292 g/mol. The lowest BCUT2D eigenvalue weighted by Gasteiger charge is -2.09. The van der Waals surface area contributed by atoms with E-state index in [9.17, 15) is 0 Å². The van der Waals surface area contributed by atoms with Crippen LogP contribution in [0.3, 0.4) is 0 Å². The first-order valence-electron chi connectivity index (χ1n) is 7.50. The van der Waals surface area contributed by atoms with Crippen LogP contribution >= 0.6 is 0 Å². The maximum Gasteiger partial charge on any atom is 0.0760 e. The molecule has 0 aliphatic carbocycles. The van der Waals surface area contributed by atoms with Crippen molar-refractivity contribution in [3.05, 3.63) is 60.0 Å². The molecule has 0 saturated carbocycles. The number of rotatable bonds is 4. The fourth-order valence-electron chi connectivity index (χ4n) is 2.83. The van der Waals surface area contributed by atoms with Gasteiger partial charge in [0.2, 0.25) is 0 Å². The van der Waals surface area contributed by atoms with Crippen LogP contribution in [0.4, 0.5) is 0 Å². The molecule has 0 amide bonds. The SMILES string of the molecule is CCc1nn(C)c(-c2cccc(CN)c2)c1-c1ccncc1. The molecule has 4 nitrogen and oxygen atoms in total. The zero-order chi connectivity index (χ0) is 15.5. The van der Waals surface area contributed by atoms with Crippen LogP contribution in [0, 0.1) is 0 Å². The van der Waals surface area contributed by atoms with Crippen LogP contribution in [0.25, 0.3) is 22.4 Å². The van der Waals surface area contributed by atoms with Gasteiger partial charge in [-0.3, -0.25) is 9.67 Å². The third kappa shape index (κ3) is 2.53. The Morgan fingerprint density at radius 3 is 2.55 bits per heavy atom. The van der Waals surface area contributed by atoms with Crippen LogP contribution in [0.1, 0.15) is 18.2 Å². The molecule has 0 bridgehead atoms. The van der Waals surface area contributed by atoms with E-state index in [0.29, 0.717) is 6.54 Å². The van der Waals surface area contributed by atoms with Gasteiger partial charge in [0.1, 0.15) is 0 Å². The number of hydrogen-bond donors (Lipinski definition) is 1. The molecule has 0 radical (unpaired) electrons. The minimum atomic E-state index is 0.539. The van der Waals surface area contributed by atoms with E-state index in [2.05, 4.69) is 24.0 Å². The van der Waals surface area contributed by atoms with Gasteiger partial charge in [-0.05, 0) is 35.7 Å². The number of nitrogens with zero attached hydrogens (tertiary/aromatic N) is 3.